The van der Waals surface area contributed by atoms with Crippen molar-refractivity contribution in [2.45, 2.75) is 37.6 Å². The van der Waals surface area contributed by atoms with E-state index in [4.69, 9.17) is 0 Å². The zero-order chi connectivity index (χ0) is 18.2. The lowest BCUT2D eigenvalue weighted by Gasteiger charge is -2.27. The summed E-state index contributed by atoms with van der Waals surface area (Å²) in [4.78, 5) is 13.7. The molecule has 2 nitrogen and oxygen atoms in total. The van der Waals surface area contributed by atoms with Gasteiger partial charge in [0.2, 0.25) is 0 Å². The SMILES string of the molecule is O=Cc1ccc2c(c1)C1CCCC1N2c1ccc(Cc2ccccc2)cc1. The van der Waals surface area contributed by atoms with E-state index in [1.54, 1.807) is 0 Å². The molecule has 0 radical (unpaired) electrons. The first-order valence-corrected chi connectivity index (χ1v) is 9.85. The van der Waals surface area contributed by atoms with Gasteiger partial charge in [0.1, 0.15) is 6.29 Å². The Morgan fingerprint density at radius 2 is 1.67 bits per heavy atom. The van der Waals surface area contributed by atoms with Gasteiger partial charge >= 0.3 is 0 Å². The fourth-order valence-electron chi connectivity index (χ4n) is 4.89. The Morgan fingerprint density at radius 1 is 0.889 bits per heavy atom. The number of hydrogen-bond acceptors (Lipinski definition) is 2. The van der Waals surface area contributed by atoms with E-state index in [1.807, 2.05) is 6.07 Å². The molecule has 1 aliphatic carbocycles. The average Bonchev–Trinajstić information content (AvgIpc) is 3.30. The van der Waals surface area contributed by atoms with Gasteiger partial charge in [-0.3, -0.25) is 4.79 Å². The molecule has 0 amide bonds. The fourth-order valence-corrected chi connectivity index (χ4v) is 4.89. The van der Waals surface area contributed by atoms with Crippen LogP contribution in [0.3, 0.4) is 0 Å². The van der Waals surface area contributed by atoms with Crippen molar-refractivity contribution in [2.24, 2.45) is 0 Å². The Hall–Kier alpha value is -2.87. The second-order valence-corrected chi connectivity index (χ2v) is 7.74. The van der Waals surface area contributed by atoms with Crippen molar-refractivity contribution in [3.8, 4) is 0 Å². The molecule has 2 unspecified atom stereocenters. The molecule has 5 rings (SSSR count). The fraction of sp³-hybridized carbons (Fsp3) is 0.240. The van der Waals surface area contributed by atoms with Crippen molar-refractivity contribution in [3.63, 3.8) is 0 Å². The van der Waals surface area contributed by atoms with Crippen LogP contribution in [0, 0.1) is 0 Å². The summed E-state index contributed by atoms with van der Waals surface area (Å²) in [5.41, 5.74) is 7.38. The number of fused-ring (bicyclic) bond motifs is 3. The first-order chi connectivity index (χ1) is 13.3. The molecule has 134 valence electrons. The Balaban J connectivity index is 1.47. The molecule has 1 fully saturated rings. The third-order valence-electron chi connectivity index (χ3n) is 6.12. The molecule has 0 spiro atoms. The van der Waals surface area contributed by atoms with E-state index < -0.39 is 0 Å². The van der Waals surface area contributed by atoms with E-state index in [0.29, 0.717) is 12.0 Å². The van der Waals surface area contributed by atoms with E-state index in [0.717, 1.165) is 18.3 Å². The highest BCUT2D eigenvalue weighted by Gasteiger charge is 2.42. The van der Waals surface area contributed by atoms with E-state index in [2.05, 4.69) is 71.6 Å². The average molecular weight is 353 g/mol. The zero-order valence-electron chi connectivity index (χ0n) is 15.3. The van der Waals surface area contributed by atoms with E-state index in [9.17, 15) is 4.79 Å². The second-order valence-electron chi connectivity index (χ2n) is 7.74. The summed E-state index contributed by atoms with van der Waals surface area (Å²) in [5, 5.41) is 0. The van der Waals surface area contributed by atoms with Crippen LogP contribution in [0.25, 0.3) is 0 Å². The van der Waals surface area contributed by atoms with Crippen molar-refractivity contribution < 1.29 is 4.79 Å². The molecule has 3 aromatic rings. The largest absolute Gasteiger partial charge is 0.338 e. The predicted octanol–water partition coefficient (Wildman–Crippen LogP) is 5.88. The maximum absolute atomic E-state index is 11.2. The van der Waals surface area contributed by atoms with Gasteiger partial charge in [0.05, 0.1) is 0 Å². The third kappa shape index (κ3) is 2.86. The Labute approximate surface area is 160 Å². The number of carbonyl (C=O) groups excluding carboxylic acids is 1. The number of rotatable bonds is 4. The number of anilines is 2. The van der Waals surface area contributed by atoms with Gasteiger partial charge in [-0.05, 0) is 66.3 Å². The molecule has 0 N–H and O–H groups in total. The van der Waals surface area contributed by atoms with Crippen LogP contribution in [0.1, 0.15) is 52.2 Å². The molecule has 2 aliphatic rings. The Bertz CT molecular complexity index is 961. The lowest BCUT2D eigenvalue weighted by Crippen LogP contribution is -2.26. The summed E-state index contributed by atoms with van der Waals surface area (Å²) in [7, 11) is 0. The highest BCUT2D eigenvalue weighted by molar-refractivity contribution is 5.81. The number of carbonyl (C=O) groups is 1. The monoisotopic (exact) mass is 353 g/mol. The maximum Gasteiger partial charge on any atom is 0.150 e. The number of benzene rings is 3. The molecule has 3 aromatic carbocycles. The van der Waals surface area contributed by atoms with Gasteiger partial charge in [0.15, 0.2) is 0 Å². The maximum atomic E-state index is 11.2. The first-order valence-electron chi connectivity index (χ1n) is 9.85. The van der Waals surface area contributed by atoms with Crippen LogP contribution in [-0.4, -0.2) is 12.3 Å². The van der Waals surface area contributed by atoms with Crippen molar-refractivity contribution in [1.82, 2.24) is 0 Å². The molecule has 27 heavy (non-hydrogen) atoms. The summed E-state index contributed by atoms with van der Waals surface area (Å²) in [6.45, 7) is 0. The van der Waals surface area contributed by atoms with Crippen molar-refractivity contribution in [1.29, 1.82) is 0 Å². The number of hydrogen-bond donors (Lipinski definition) is 0. The molecule has 0 aromatic heterocycles. The summed E-state index contributed by atoms with van der Waals surface area (Å²) < 4.78 is 0. The van der Waals surface area contributed by atoms with Crippen LogP contribution in [0.15, 0.2) is 72.8 Å². The predicted molar refractivity (Wildman–Crippen MR) is 110 cm³/mol. The molecule has 0 saturated heterocycles. The van der Waals surface area contributed by atoms with E-state index in [1.165, 1.54) is 47.3 Å². The highest BCUT2D eigenvalue weighted by atomic mass is 16.1. The summed E-state index contributed by atoms with van der Waals surface area (Å²) in [6.07, 6.45) is 5.64. The minimum absolute atomic E-state index is 0.530. The standard InChI is InChI=1S/C25H23NO/c27-17-20-11-14-25-23(16-20)22-7-4-8-24(22)26(25)21-12-9-19(10-13-21)15-18-5-2-1-3-6-18/h1-3,5-6,9-14,16-17,22,24H,4,7-8,15H2. The van der Waals surface area contributed by atoms with Crippen molar-refractivity contribution in [2.75, 3.05) is 4.90 Å². The van der Waals surface area contributed by atoms with Crippen molar-refractivity contribution >= 4 is 17.7 Å². The van der Waals surface area contributed by atoms with Gasteiger partial charge in [0, 0.05) is 28.9 Å². The number of aldehydes is 1. The Kier molecular flexibility index (Phi) is 4.05. The summed E-state index contributed by atoms with van der Waals surface area (Å²) in [5.74, 6) is 0.559. The number of nitrogens with zero attached hydrogens (tertiary/aromatic N) is 1. The lowest BCUT2D eigenvalue weighted by atomic mass is 9.96. The molecule has 1 aliphatic heterocycles. The van der Waals surface area contributed by atoms with Crippen molar-refractivity contribution in [3.05, 3.63) is 95.1 Å². The van der Waals surface area contributed by atoms with E-state index >= 15 is 0 Å². The highest BCUT2D eigenvalue weighted by Crippen LogP contribution is 2.52. The Morgan fingerprint density at radius 3 is 2.44 bits per heavy atom. The normalized spacial score (nSPS) is 20.4. The van der Waals surface area contributed by atoms with Gasteiger partial charge in [-0.1, -0.05) is 48.9 Å². The quantitative estimate of drug-likeness (QED) is 0.546. The second kappa shape index (κ2) is 6.70. The molecular formula is C25H23NO. The lowest BCUT2D eigenvalue weighted by molar-refractivity contribution is 0.112. The van der Waals surface area contributed by atoms with Crippen LogP contribution in [0.5, 0.6) is 0 Å². The molecule has 1 saturated carbocycles. The summed E-state index contributed by atoms with van der Waals surface area (Å²) >= 11 is 0. The minimum Gasteiger partial charge on any atom is -0.338 e. The smallest absolute Gasteiger partial charge is 0.150 e. The minimum atomic E-state index is 0.530. The van der Waals surface area contributed by atoms with Gasteiger partial charge in [-0.2, -0.15) is 0 Å². The molecule has 2 heteroatoms. The van der Waals surface area contributed by atoms with Crippen LogP contribution >= 0.6 is 0 Å². The van der Waals surface area contributed by atoms with Gasteiger partial charge in [-0.15, -0.1) is 0 Å². The van der Waals surface area contributed by atoms with Gasteiger partial charge in [0.25, 0.3) is 0 Å². The zero-order valence-corrected chi connectivity index (χ0v) is 15.3. The molecule has 0 bridgehead atoms. The van der Waals surface area contributed by atoms with Crippen LogP contribution < -0.4 is 4.90 Å². The molecule has 2 atom stereocenters. The van der Waals surface area contributed by atoms with Crippen LogP contribution in [-0.2, 0) is 6.42 Å². The first kappa shape index (κ1) is 16.3. The van der Waals surface area contributed by atoms with Gasteiger partial charge < -0.3 is 4.90 Å². The van der Waals surface area contributed by atoms with E-state index in [-0.39, 0.29) is 0 Å². The molecule has 1 heterocycles. The summed E-state index contributed by atoms with van der Waals surface area (Å²) in [6, 6.07) is 26.4. The molecular weight excluding hydrogens is 330 g/mol. The van der Waals surface area contributed by atoms with Gasteiger partial charge in [-0.25, -0.2) is 0 Å². The van der Waals surface area contributed by atoms with Crippen LogP contribution in [0.2, 0.25) is 0 Å². The third-order valence-corrected chi connectivity index (χ3v) is 6.12. The topological polar surface area (TPSA) is 20.3 Å². The van der Waals surface area contributed by atoms with Crippen LogP contribution in [0.4, 0.5) is 11.4 Å².